The van der Waals surface area contributed by atoms with Crippen LogP contribution in [0.3, 0.4) is 0 Å². The fourth-order valence-corrected chi connectivity index (χ4v) is 2.42. The molecule has 0 spiro atoms. The van der Waals surface area contributed by atoms with E-state index in [1.54, 1.807) is 18.4 Å². The van der Waals surface area contributed by atoms with Crippen molar-refractivity contribution >= 4 is 37.5 Å². The van der Waals surface area contributed by atoms with Crippen LogP contribution in [0.4, 0.5) is 0 Å². The van der Waals surface area contributed by atoms with Crippen molar-refractivity contribution in [1.82, 2.24) is 4.98 Å². The molecule has 2 nitrogen and oxygen atoms in total. The first kappa shape index (κ1) is 8.01. The molecule has 1 aromatic carbocycles. The molecule has 0 unspecified atom stereocenters. The number of aromatic nitrogens is 1. The molecule has 12 heavy (non-hydrogen) atoms. The maximum Gasteiger partial charge on any atom is 0.121 e. The van der Waals surface area contributed by atoms with Gasteiger partial charge < -0.3 is 4.74 Å². The Morgan fingerprint density at radius 2 is 2.33 bits per heavy atom. The second-order valence-electron chi connectivity index (χ2n) is 2.31. The predicted molar refractivity (Wildman–Crippen MR) is 53.9 cm³/mol. The van der Waals surface area contributed by atoms with E-state index in [9.17, 15) is 0 Å². The highest BCUT2D eigenvalue weighted by Gasteiger charge is 2.03. The van der Waals surface area contributed by atoms with E-state index in [2.05, 4.69) is 20.9 Å². The van der Waals surface area contributed by atoms with Gasteiger partial charge in [0.25, 0.3) is 0 Å². The van der Waals surface area contributed by atoms with Gasteiger partial charge in [-0.3, -0.25) is 0 Å². The number of halogens is 1. The number of nitrogens with zero attached hydrogens (tertiary/aromatic N) is 1. The second kappa shape index (κ2) is 3.03. The summed E-state index contributed by atoms with van der Waals surface area (Å²) in [4.78, 5) is 4.21. The molecule has 0 aliphatic carbocycles. The lowest BCUT2D eigenvalue weighted by molar-refractivity contribution is 0.415. The van der Waals surface area contributed by atoms with Gasteiger partial charge >= 0.3 is 0 Å². The number of methoxy groups -OCH3 is 1. The molecule has 4 heteroatoms. The summed E-state index contributed by atoms with van der Waals surface area (Å²) >= 11 is 5.04. The smallest absolute Gasteiger partial charge is 0.121 e. The third-order valence-corrected chi connectivity index (χ3v) is 2.98. The largest absolute Gasteiger partial charge is 0.497 e. The van der Waals surface area contributed by atoms with Crippen LogP contribution >= 0.6 is 27.3 Å². The molecule has 2 rings (SSSR count). The molecule has 0 aliphatic rings. The van der Waals surface area contributed by atoms with Crippen LogP contribution in [0, 0.1) is 0 Å². The zero-order valence-corrected chi connectivity index (χ0v) is 8.78. The molecule has 0 fully saturated rings. The van der Waals surface area contributed by atoms with Crippen molar-refractivity contribution in [2.45, 2.75) is 0 Å². The van der Waals surface area contributed by atoms with Crippen LogP contribution in [0.15, 0.2) is 22.1 Å². The third-order valence-electron chi connectivity index (χ3n) is 1.60. The van der Waals surface area contributed by atoms with Crippen molar-refractivity contribution in [2.24, 2.45) is 0 Å². The molecule has 62 valence electrons. The van der Waals surface area contributed by atoms with Crippen molar-refractivity contribution in [3.63, 3.8) is 0 Å². The van der Waals surface area contributed by atoms with E-state index >= 15 is 0 Å². The molecule has 2 aromatic rings. The maximum atomic E-state index is 5.12. The van der Waals surface area contributed by atoms with Gasteiger partial charge in [0.2, 0.25) is 0 Å². The quantitative estimate of drug-likeness (QED) is 0.769. The van der Waals surface area contributed by atoms with Crippen LogP contribution in [0.2, 0.25) is 0 Å². The summed E-state index contributed by atoms with van der Waals surface area (Å²) in [5.74, 6) is 0.860. The Morgan fingerprint density at radius 1 is 1.50 bits per heavy atom. The topological polar surface area (TPSA) is 22.1 Å². The van der Waals surface area contributed by atoms with Crippen LogP contribution in [0.5, 0.6) is 5.75 Å². The molecule has 1 aromatic heterocycles. The van der Waals surface area contributed by atoms with Crippen LogP contribution < -0.4 is 4.74 Å². The van der Waals surface area contributed by atoms with E-state index in [-0.39, 0.29) is 0 Å². The second-order valence-corrected chi connectivity index (χ2v) is 4.05. The Kier molecular flexibility index (Phi) is 2.02. The maximum absolute atomic E-state index is 5.12. The molecule has 0 aliphatic heterocycles. The summed E-state index contributed by atoms with van der Waals surface area (Å²) in [5.41, 5.74) is 2.83. The number of rotatable bonds is 1. The number of hydrogen-bond acceptors (Lipinski definition) is 3. The van der Waals surface area contributed by atoms with Crippen LogP contribution in [0.1, 0.15) is 0 Å². The minimum absolute atomic E-state index is 0.860. The fourth-order valence-electron chi connectivity index (χ4n) is 1.02. The van der Waals surface area contributed by atoms with E-state index in [0.29, 0.717) is 0 Å². The number of hydrogen-bond donors (Lipinski definition) is 0. The average molecular weight is 244 g/mol. The van der Waals surface area contributed by atoms with E-state index < -0.39 is 0 Å². The van der Waals surface area contributed by atoms with Crippen LogP contribution in [-0.2, 0) is 0 Å². The monoisotopic (exact) mass is 243 g/mol. The Labute approximate surface area is 82.3 Å². The Balaban J connectivity index is 2.75. The van der Waals surface area contributed by atoms with Crippen LogP contribution in [0.25, 0.3) is 10.2 Å². The summed E-state index contributed by atoms with van der Waals surface area (Å²) in [7, 11) is 1.66. The van der Waals surface area contributed by atoms with Crippen molar-refractivity contribution in [3.05, 3.63) is 22.1 Å². The molecular formula is C8H6BrNOS. The fraction of sp³-hybridized carbons (Fsp3) is 0.125. The van der Waals surface area contributed by atoms with E-state index in [1.165, 1.54) is 0 Å². The van der Waals surface area contributed by atoms with Gasteiger partial charge in [-0.1, -0.05) is 0 Å². The van der Waals surface area contributed by atoms with Gasteiger partial charge in [0.05, 0.1) is 22.8 Å². The number of benzene rings is 1. The van der Waals surface area contributed by atoms with Crippen LogP contribution in [-0.4, -0.2) is 12.1 Å². The third kappa shape index (κ3) is 1.21. The lowest BCUT2D eigenvalue weighted by Crippen LogP contribution is -1.81. The summed E-state index contributed by atoms with van der Waals surface area (Å²) in [6.45, 7) is 0. The van der Waals surface area contributed by atoms with Gasteiger partial charge in [-0.05, 0) is 28.1 Å². The first-order valence-corrected chi connectivity index (χ1v) is 5.05. The molecule has 0 saturated carbocycles. The van der Waals surface area contributed by atoms with Gasteiger partial charge in [-0.2, -0.15) is 0 Å². The number of fused-ring (bicyclic) bond motifs is 1. The van der Waals surface area contributed by atoms with Crippen molar-refractivity contribution in [3.8, 4) is 5.75 Å². The minimum Gasteiger partial charge on any atom is -0.497 e. The normalized spacial score (nSPS) is 10.5. The summed E-state index contributed by atoms with van der Waals surface area (Å²) in [6.07, 6.45) is 0. The van der Waals surface area contributed by atoms with E-state index in [1.807, 2.05) is 17.6 Å². The van der Waals surface area contributed by atoms with Crippen molar-refractivity contribution < 1.29 is 4.74 Å². The zero-order valence-electron chi connectivity index (χ0n) is 6.37. The SMILES string of the molecule is COc1cc(Br)c2ncsc2c1. The van der Waals surface area contributed by atoms with Gasteiger partial charge in [-0.15, -0.1) is 11.3 Å². The highest BCUT2D eigenvalue weighted by Crippen LogP contribution is 2.30. The lowest BCUT2D eigenvalue weighted by Gasteiger charge is -1.99. The summed E-state index contributed by atoms with van der Waals surface area (Å²) < 4.78 is 7.25. The molecule has 0 saturated heterocycles. The highest BCUT2D eigenvalue weighted by molar-refractivity contribution is 9.10. The van der Waals surface area contributed by atoms with Gasteiger partial charge in [-0.25, -0.2) is 4.98 Å². The lowest BCUT2D eigenvalue weighted by atomic mass is 10.3. The molecule has 1 heterocycles. The zero-order chi connectivity index (χ0) is 8.55. The van der Waals surface area contributed by atoms with E-state index in [4.69, 9.17) is 4.74 Å². The van der Waals surface area contributed by atoms with Crippen molar-refractivity contribution in [1.29, 1.82) is 0 Å². The highest BCUT2D eigenvalue weighted by atomic mass is 79.9. The summed E-state index contributed by atoms with van der Waals surface area (Å²) in [6, 6.07) is 3.90. The van der Waals surface area contributed by atoms with Gasteiger partial charge in [0, 0.05) is 4.47 Å². The molecule has 0 N–H and O–H groups in total. The number of thiazole rings is 1. The Hall–Kier alpha value is -0.610. The van der Waals surface area contributed by atoms with E-state index in [0.717, 1.165) is 20.4 Å². The Bertz CT molecular complexity index is 412. The number of ether oxygens (including phenoxy) is 1. The Morgan fingerprint density at radius 3 is 3.08 bits per heavy atom. The van der Waals surface area contributed by atoms with Crippen molar-refractivity contribution in [2.75, 3.05) is 7.11 Å². The summed E-state index contributed by atoms with van der Waals surface area (Å²) in [5, 5.41) is 0. The molecule has 0 amide bonds. The molecule has 0 radical (unpaired) electrons. The van der Waals surface area contributed by atoms with Gasteiger partial charge in [0.15, 0.2) is 0 Å². The van der Waals surface area contributed by atoms with Gasteiger partial charge in [0.1, 0.15) is 5.75 Å². The first-order chi connectivity index (χ1) is 5.81. The standard InChI is InChI=1S/C8H6BrNOS/c1-11-5-2-6(9)8-7(3-5)12-4-10-8/h2-4H,1H3. The molecule has 0 bridgehead atoms. The predicted octanol–water partition coefficient (Wildman–Crippen LogP) is 3.07. The average Bonchev–Trinajstić information content (AvgIpc) is 2.52. The first-order valence-electron chi connectivity index (χ1n) is 3.38. The molecule has 0 atom stereocenters. The molecular weight excluding hydrogens is 238 g/mol. The minimum atomic E-state index is 0.860.